The Kier molecular flexibility index (Phi) is 5.29. The zero-order valence-corrected chi connectivity index (χ0v) is 11.6. The summed E-state index contributed by atoms with van der Waals surface area (Å²) in [5, 5.41) is 6.62. The number of rotatable bonds is 6. The standard InChI is InChI=1S/C14H24N2O/c1-10-9-11(2)13(14(17-5)12(10)3)16-8-6-7-15-4/h9,15-16H,6-8H2,1-5H3. The molecule has 2 N–H and O–H groups in total. The summed E-state index contributed by atoms with van der Waals surface area (Å²) in [5.74, 6) is 0.979. The topological polar surface area (TPSA) is 33.3 Å². The molecule has 0 amide bonds. The second kappa shape index (κ2) is 6.50. The third kappa shape index (κ3) is 3.37. The van der Waals surface area contributed by atoms with E-state index in [1.54, 1.807) is 7.11 Å². The number of nitrogens with one attached hydrogen (secondary N) is 2. The quantitative estimate of drug-likeness (QED) is 0.745. The molecule has 0 saturated heterocycles. The van der Waals surface area contributed by atoms with E-state index in [0.717, 1.165) is 30.9 Å². The van der Waals surface area contributed by atoms with Crippen molar-refractivity contribution in [2.45, 2.75) is 27.2 Å². The smallest absolute Gasteiger partial charge is 0.145 e. The van der Waals surface area contributed by atoms with Crippen molar-refractivity contribution in [3.05, 3.63) is 22.8 Å². The van der Waals surface area contributed by atoms with Gasteiger partial charge in [0.25, 0.3) is 0 Å². The van der Waals surface area contributed by atoms with Gasteiger partial charge in [-0.15, -0.1) is 0 Å². The zero-order chi connectivity index (χ0) is 12.8. The number of anilines is 1. The average molecular weight is 236 g/mol. The SMILES string of the molecule is CNCCCNc1c(C)cc(C)c(C)c1OC. The molecule has 0 atom stereocenters. The first kappa shape index (κ1) is 13.8. The van der Waals surface area contributed by atoms with Crippen molar-refractivity contribution >= 4 is 5.69 Å². The molecule has 0 saturated carbocycles. The molecular weight excluding hydrogens is 212 g/mol. The van der Waals surface area contributed by atoms with E-state index in [1.807, 2.05) is 7.05 Å². The van der Waals surface area contributed by atoms with Crippen LogP contribution in [0.1, 0.15) is 23.1 Å². The minimum atomic E-state index is 0.959. The van der Waals surface area contributed by atoms with Gasteiger partial charge in [-0.1, -0.05) is 6.07 Å². The Labute approximate surface area is 105 Å². The lowest BCUT2D eigenvalue weighted by Crippen LogP contribution is -2.14. The summed E-state index contributed by atoms with van der Waals surface area (Å²) < 4.78 is 5.52. The largest absolute Gasteiger partial charge is 0.494 e. The average Bonchev–Trinajstić information content (AvgIpc) is 2.31. The van der Waals surface area contributed by atoms with Crippen molar-refractivity contribution in [3.8, 4) is 5.75 Å². The van der Waals surface area contributed by atoms with Gasteiger partial charge in [-0.25, -0.2) is 0 Å². The minimum Gasteiger partial charge on any atom is -0.494 e. The lowest BCUT2D eigenvalue weighted by atomic mass is 10.0. The van der Waals surface area contributed by atoms with E-state index in [2.05, 4.69) is 37.5 Å². The van der Waals surface area contributed by atoms with Crippen molar-refractivity contribution in [1.29, 1.82) is 0 Å². The van der Waals surface area contributed by atoms with Crippen LogP contribution in [0.2, 0.25) is 0 Å². The monoisotopic (exact) mass is 236 g/mol. The van der Waals surface area contributed by atoms with Gasteiger partial charge >= 0.3 is 0 Å². The maximum absolute atomic E-state index is 5.52. The summed E-state index contributed by atoms with van der Waals surface area (Å²) in [4.78, 5) is 0. The van der Waals surface area contributed by atoms with Crippen molar-refractivity contribution in [1.82, 2.24) is 5.32 Å². The Hall–Kier alpha value is -1.22. The molecule has 0 aliphatic carbocycles. The van der Waals surface area contributed by atoms with E-state index in [9.17, 15) is 0 Å². The highest BCUT2D eigenvalue weighted by atomic mass is 16.5. The molecule has 1 aromatic rings. The van der Waals surface area contributed by atoms with Crippen LogP contribution in [0.15, 0.2) is 6.07 Å². The van der Waals surface area contributed by atoms with Crippen LogP contribution in [0.25, 0.3) is 0 Å². The molecular formula is C14H24N2O. The van der Waals surface area contributed by atoms with E-state index in [4.69, 9.17) is 4.74 Å². The lowest BCUT2D eigenvalue weighted by molar-refractivity contribution is 0.412. The Morgan fingerprint density at radius 2 is 1.82 bits per heavy atom. The number of ether oxygens (including phenoxy) is 1. The summed E-state index contributed by atoms with van der Waals surface area (Å²) in [6, 6.07) is 2.21. The molecule has 3 heteroatoms. The maximum atomic E-state index is 5.52. The molecule has 0 bridgehead atoms. The van der Waals surface area contributed by atoms with Gasteiger partial charge in [-0.2, -0.15) is 0 Å². The summed E-state index contributed by atoms with van der Waals surface area (Å²) in [6.45, 7) is 8.33. The molecule has 96 valence electrons. The number of aryl methyl sites for hydroxylation is 2. The normalized spacial score (nSPS) is 10.4. The summed E-state index contributed by atoms with van der Waals surface area (Å²) >= 11 is 0. The van der Waals surface area contributed by atoms with Gasteiger partial charge in [-0.05, 0) is 57.5 Å². The molecule has 1 rings (SSSR count). The Morgan fingerprint density at radius 1 is 1.12 bits per heavy atom. The van der Waals surface area contributed by atoms with E-state index in [-0.39, 0.29) is 0 Å². The Bertz CT molecular complexity index is 375. The molecule has 1 aromatic carbocycles. The molecule has 0 radical (unpaired) electrons. The van der Waals surface area contributed by atoms with Crippen LogP contribution in [0, 0.1) is 20.8 Å². The Morgan fingerprint density at radius 3 is 2.41 bits per heavy atom. The van der Waals surface area contributed by atoms with E-state index in [0.29, 0.717) is 0 Å². The van der Waals surface area contributed by atoms with Crippen LogP contribution in [0.4, 0.5) is 5.69 Å². The van der Waals surface area contributed by atoms with Gasteiger partial charge in [0.2, 0.25) is 0 Å². The predicted octanol–water partition coefficient (Wildman–Crippen LogP) is 2.64. The van der Waals surface area contributed by atoms with Crippen LogP contribution in [0.3, 0.4) is 0 Å². The van der Waals surface area contributed by atoms with Crippen LogP contribution in [-0.2, 0) is 0 Å². The van der Waals surface area contributed by atoms with E-state index in [1.165, 1.54) is 16.7 Å². The van der Waals surface area contributed by atoms with Gasteiger partial charge in [0.1, 0.15) is 5.75 Å². The number of hydrogen-bond donors (Lipinski definition) is 2. The first-order chi connectivity index (χ1) is 8.11. The van der Waals surface area contributed by atoms with Gasteiger partial charge in [0.15, 0.2) is 0 Å². The van der Waals surface area contributed by atoms with E-state index < -0.39 is 0 Å². The van der Waals surface area contributed by atoms with Crippen molar-refractivity contribution < 1.29 is 4.74 Å². The molecule has 0 fully saturated rings. The maximum Gasteiger partial charge on any atom is 0.145 e. The fraction of sp³-hybridized carbons (Fsp3) is 0.571. The van der Waals surface area contributed by atoms with Gasteiger partial charge < -0.3 is 15.4 Å². The van der Waals surface area contributed by atoms with Crippen LogP contribution >= 0.6 is 0 Å². The van der Waals surface area contributed by atoms with Crippen molar-refractivity contribution in [2.75, 3.05) is 32.6 Å². The molecule has 0 aliphatic rings. The zero-order valence-electron chi connectivity index (χ0n) is 11.6. The third-order valence-electron chi connectivity index (χ3n) is 3.10. The number of hydrogen-bond acceptors (Lipinski definition) is 3. The highest BCUT2D eigenvalue weighted by Gasteiger charge is 2.11. The number of methoxy groups -OCH3 is 1. The van der Waals surface area contributed by atoms with Gasteiger partial charge in [0, 0.05) is 6.54 Å². The lowest BCUT2D eigenvalue weighted by Gasteiger charge is -2.18. The molecule has 0 heterocycles. The summed E-state index contributed by atoms with van der Waals surface area (Å²) in [5.41, 5.74) is 4.87. The second-order valence-corrected chi connectivity index (χ2v) is 4.43. The molecule has 0 aromatic heterocycles. The van der Waals surface area contributed by atoms with Gasteiger partial charge in [-0.3, -0.25) is 0 Å². The summed E-state index contributed by atoms with van der Waals surface area (Å²) in [6.07, 6.45) is 1.10. The first-order valence-electron chi connectivity index (χ1n) is 6.15. The Balaban J connectivity index is 2.86. The highest BCUT2D eigenvalue weighted by molar-refractivity contribution is 5.66. The van der Waals surface area contributed by atoms with E-state index >= 15 is 0 Å². The fourth-order valence-corrected chi connectivity index (χ4v) is 2.00. The summed E-state index contributed by atoms with van der Waals surface area (Å²) in [7, 11) is 3.71. The minimum absolute atomic E-state index is 0.959. The highest BCUT2D eigenvalue weighted by Crippen LogP contribution is 2.33. The van der Waals surface area contributed by atoms with Crippen molar-refractivity contribution in [3.63, 3.8) is 0 Å². The fourth-order valence-electron chi connectivity index (χ4n) is 2.00. The van der Waals surface area contributed by atoms with Crippen LogP contribution in [-0.4, -0.2) is 27.2 Å². The first-order valence-corrected chi connectivity index (χ1v) is 6.15. The predicted molar refractivity (Wildman–Crippen MR) is 74.2 cm³/mol. The number of benzene rings is 1. The third-order valence-corrected chi connectivity index (χ3v) is 3.10. The second-order valence-electron chi connectivity index (χ2n) is 4.43. The van der Waals surface area contributed by atoms with Crippen LogP contribution in [0.5, 0.6) is 5.75 Å². The molecule has 17 heavy (non-hydrogen) atoms. The van der Waals surface area contributed by atoms with Crippen LogP contribution < -0.4 is 15.4 Å². The molecule has 3 nitrogen and oxygen atoms in total. The molecule has 0 unspecified atom stereocenters. The molecule has 0 aliphatic heterocycles. The van der Waals surface area contributed by atoms with Gasteiger partial charge in [0.05, 0.1) is 12.8 Å². The van der Waals surface area contributed by atoms with Crippen molar-refractivity contribution in [2.24, 2.45) is 0 Å². The molecule has 0 spiro atoms.